The first kappa shape index (κ1) is 16.4. The van der Waals surface area contributed by atoms with Crippen molar-refractivity contribution in [3.63, 3.8) is 0 Å². The summed E-state index contributed by atoms with van der Waals surface area (Å²) in [6, 6.07) is 5.76. The van der Waals surface area contributed by atoms with Gasteiger partial charge in [0.15, 0.2) is 0 Å². The summed E-state index contributed by atoms with van der Waals surface area (Å²) in [6.07, 6.45) is 0.411. The molecule has 5 heteroatoms. The van der Waals surface area contributed by atoms with Crippen molar-refractivity contribution < 1.29 is 19.4 Å². The summed E-state index contributed by atoms with van der Waals surface area (Å²) in [5.41, 5.74) is 1.86. The second-order valence-electron chi connectivity index (χ2n) is 3.87. The van der Waals surface area contributed by atoms with E-state index in [-0.39, 0.29) is 12.6 Å². The fourth-order valence-corrected chi connectivity index (χ4v) is 2.40. The Bertz CT molecular complexity index is 502. The lowest BCUT2D eigenvalue weighted by Gasteiger charge is -2.06. The Morgan fingerprint density at radius 2 is 2.20 bits per heavy atom. The van der Waals surface area contributed by atoms with E-state index in [1.807, 2.05) is 18.2 Å². The van der Waals surface area contributed by atoms with Crippen LogP contribution in [-0.2, 0) is 15.3 Å². The first-order chi connectivity index (χ1) is 9.71. The SMILES string of the molecule is COC(=O)CCSCc1ccc(OC)c(C#CCO)c1. The second-order valence-corrected chi connectivity index (χ2v) is 4.98. The second kappa shape index (κ2) is 9.29. The zero-order chi connectivity index (χ0) is 14.8. The van der Waals surface area contributed by atoms with Crippen molar-refractivity contribution >= 4 is 17.7 Å². The summed E-state index contributed by atoms with van der Waals surface area (Å²) in [7, 11) is 2.98. The Kier molecular flexibility index (Phi) is 7.63. The predicted octanol–water partition coefficient (Wildman–Crippen LogP) is 1.84. The molecular formula is C15H18O4S. The van der Waals surface area contributed by atoms with Gasteiger partial charge in [0.05, 0.1) is 26.2 Å². The average molecular weight is 294 g/mol. The number of esters is 1. The van der Waals surface area contributed by atoms with Crippen LogP contribution in [0.3, 0.4) is 0 Å². The van der Waals surface area contributed by atoms with E-state index in [2.05, 4.69) is 16.6 Å². The summed E-state index contributed by atoms with van der Waals surface area (Å²) in [6.45, 7) is -0.179. The van der Waals surface area contributed by atoms with Gasteiger partial charge in [0.1, 0.15) is 12.4 Å². The number of hydrogen-bond acceptors (Lipinski definition) is 5. The van der Waals surface area contributed by atoms with Gasteiger partial charge in [0, 0.05) is 11.5 Å². The molecule has 4 nitrogen and oxygen atoms in total. The minimum atomic E-state index is -0.193. The standard InChI is InChI=1S/C15H18O4S/c1-18-14-6-5-12(10-13(14)4-3-8-16)11-20-9-7-15(17)19-2/h5-6,10,16H,7-9,11H2,1-2H3. The summed E-state index contributed by atoms with van der Waals surface area (Å²) in [4.78, 5) is 11.0. The molecule has 0 aliphatic rings. The maximum absolute atomic E-state index is 11.0. The number of hydrogen-bond donors (Lipinski definition) is 1. The topological polar surface area (TPSA) is 55.8 Å². The molecule has 0 saturated heterocycles. The van der Waals surface area contributed by atoms with Gasteiger partial charge >= 0.3 is 5.97 Å². The van der Waals surface area contributed by atoms with Gasteiger partial charge in [-0.1, -0.05) is 17.9 Å². The first-order valence-corrected chi connectivity index (χ1v) is 7.28. The Labute approximate surface area is 123 Å². The van der Waals surface area contributed by atoms with Crippen molar-refractivity contribution in [2.75, 3.05) is 26.6 Å². The molecule has 0 aliphatic carbocycles. The zero-order valence-electron chi connectivity index (χ0n) is 11.6. The summed E-state index contributed by atoms with van der Waals surface area (Å²) in [5, 5.41) is 8.75. The van der Waals surface area contributed by atoms with Crippen LogP contribution < -0.4 is 4.74 Å². The van der Waals surface area contributed by atoms with Crippen LogP contribution in [0.2, 0.25) is 0 Å². The molecule has 1 N–H and O–H groups in total. The monoisotopic (exact) mass is 294 g/mol. The van der Waals surface area contributed by atoms with Gasteiger partial charge in [-0.3, -0.25) is 4.79 Å². The lowest BCUT2D eigenvalue weighted by molar-refractivity contribution is -0.140. The van der Waals surface area contributed by atoms with Crippen LogP contribution in [0.1, 0.15) is 17.5 Å². The number of methoxy groups -OCH3 is 2. The highest BCUT2D eigenvalue weighted by molar-refractivity contribution is 7.98. The number of rotatable bonds is 6. The van der Waals surface area contributed by atoms with E-state index in [1.165, 1.54) is 7.11 Å². The van der Waals surface area contributed by atoms with Crippen LogP contribution in [-0.4, -0.2) is 37.7 Å². The average Bonchev–Trinajstić information content (AvgIpc) is 2.49. The molecule has 0 atom stereocenters. The van der Waals surface area contributed by atoms with E-state index in [1.54, 1.807) is 18.9 Å². The van der Waals surface area contributed by atoms with Gasteiger partial charge in [-0.15, -0.1) is 0 Å². The quantitative estimate of drug-likeness (QED) is 0.493. The molecule has 108 valence electrons. The van der Waals surface area contributed by atoms with Crippen molar-refractivity contribution in [2.45, 2.75) is 12.2 Å². The van der Waals surface area contributed by atoms with E-state index in [0.29, 0.717) is 12.2 Å². The summed E-state index contributed by atoms with van der Waals surface area (Å²) >= 11 is 1.66. The van der Waals surface area contributed by atoms with Crippen LogP contribution in [0.25, 0.3) is 0 Å². The fourth-order valence-electron chi connectivity index (χ4n) is 1.52. The van der Waals surface area contributed by atoms with Gasteiger partial charge in [0.2, 0.25) is 0 Å². The normalized spacial score (nSPS) is 9.55. The number of benzene rings is 1. The Balaban J connectivity index is 2.60. The number of carbonyl (C=O) groups is 1. The highest BCUT2D eigenvalue weighted by Crippen LogP contribution is 2.22. The maximum Gasteiger partial charge on any atom is 0.306 e. The third-order valence-corrected chi connectivity index (χ3v) is 3.54. The van der Waals surface area contributed by atoms with Crippen LogP contribution in [0.5, 0.6) is 5.75 Å². The molecular weight excluding hydrogens is 276 g/mol. The molecule has 0 amide bonds. The molecule has 1 rings (SSSR count). The molecule has 0 saturated carbocycles. The highest BCUT2D eigenvalue weighted by atomic mass is 32.2. The van der Waals surface area contributed by atoms with Gasteiger partial charge in [-0.25, -0.2) is 0 Å². The van der Waals surface area contributed by atoms with Crippen molar-refractivity contribution in [1.82, 2.24) is 0 Å². The van der Waals surface area contributed by atoms with Gasteiger partial charge in [-0.05, 0) is 17.7 Å². The number of thioether (sulfide) groups is 1. The molecule has 0 fully saturated rings. The molecule has 0 radical (unpaired) electrons. The van der Waals surface area contributed by atoms with E-state index in [4.69, 9.17) is 9.84 Å². The molecule has 1 aromatic carbocycles. The van der Waals surface area contributed by atoms with Crippen LogP contribution in [0.4, 0.5) is 0 Å². The summed E-state index contributed by atoms with van der Waals surface area (Å²) in [5.74, 6) is 7.48. The van der Waals surface area contributed by atoms with Crippen LogP contribution >= 0.6 is 11.8 Å². The Morgan fingerprint density at radius 3 is 2.85 bits per heavy atom. The van der Waals surface area contributed by atoms with Crippen LogP contribution in [0.15, 0.2) is 18.2 Å². The molecule has 1 aromatic rings. The van der Waals surface area contributed by atoms with E-state index < -0.39 is 0 Å². The van der Waals surface area contributed by atoms with Crippen molar-refractivity contribution in [2.24, 2.45) is 0 Å². The molecule has 0 unspecified atom stereocenters. The zero-order valence-corrected chi connectivity index (χ0v) is 12.5. The third-order valence-electron chi connectivity index (χ3n) is 2.51. The summed E-state index contributed by atoms with van der Waals surface area (Å²) < 4.78 is 9.80. The van der Waals surface area contributed by atoms with Gasteiger partial charge < -0.3 is 14.6 Å². The van der Waals surface area contributed by atoms with Crippen molar-refractivity contribution in [1.29, 1.82) is 0 Å². The minimum Gasteiger partial charge on any atom is -0.495 e. The molecule has 0 aromatic heterocycles. The predicted molar refractivity (Wildman–Crippen MR) is 79.8 cm³/mol. The smallest absolute Gasteiger partial charge is 0.306 e. The largest absolute Gasteiger partial charge is 0.495 e. The first-order valence-electron chi connectivity index (χ1n) is 6.12. The molecule has 20 heavy (non-hydrogen) atoms. The minimum absolute atomic E-state index is 0.179. The lowest BCUT2D eigenvalue weighted by Crippen LogP contribution is -2.01. The molecule has 0 heterocycles. The Morgan fingerprint density at radius 1 is 1.40 bits per heavy atom. The van der Waals surface area contributed by atoms with E-state index in [0.717, 1.165) is 22.6 Å². The number of aliphatic hydroxyl groups is 1. The van der Waals surface area contributed by atoms with E-state index in [9.17, 15) is 4.79 Å². The number of ether oxygens (including phenoxy) is 2. The van der Waals surface area contributed by atoms with Crippen molar-refractivity contribution in [3.05, 3.63) is 29.3 Å². The van der Waals surface area contributed by atoms with E-state index >= 15 is 0 Å². The fraction of sp³-hybridized carbons (Fsp3) is 0.400. The maximum atomic E-state index is 11.0. The number of aliphatic hydroxyl groups excluding tert-OH is 1. The van der Waals surface area contributed by atoms with Crippen molar-refractivity contribution in [3.8, 4) is 17.6 Å². The van der Waals surface area contributed by atoms with Crippen LogP contribution in [0, 0.1) is 11.8 Å². The van der Waals surface area contributed by atoms with Gasteiger partial charge in [-0.2, -0.15) is 11.8 Å². The highest BCUT2D eigenvalue weighted by Gasteiger charge is 2.04. The molecule has 0 bridgehead atoms. The lowest BCUT2D eigenvalue weighted by atomic mass is 10.1. The number of carbonyl (C=O) groups excluding carboxylic acids is 1. The molecule has 0 aliphatic heterocycles. The molecule has 0 spiro atoms. The Hall–Kier alpha value is -1.64. The third kappa shape index (κ3) is 5.55. The van der Waals surface area contributed by atoms with Gasteiger partial charge in [0.25, 0.3) is 0 Å².